The van der Waals surface area contributed by atoms with Crippen molar-refractivity contribution in [2.24, 2.45) is 5.41 Å². The number of hydrogen-bond donors (Lipinski definition) is 0. The third-order valence-corrected chi connectivity index (χ3v) is 4.00. The average molecular weight is 330 g/mol. The first kappa shape index (κ1) is 16.4. The summed E-state index contributed by atoms with van der Waals surface area (Å²) in [6.07, 6.45) is 2.51. The molecule has 1 fully saturated rings. The molecule has 2 heterocycles. The average Bonchev–Trinajstić information content (AvgIpc) is 2.62. The quantitative estimate of drug-likeness (QED) is 0.791. The fourth-order valence-corrected chi connectivity index (χ4v) is 2.95. The lowest BCUT2D eigenvalue weighted by atomic mass is 9.94. The van der Waals surface area contributed by atoms with Crippen LogP contribution in [0.5, 0.6) is 0 Å². The van der Waals surface area contributed by atoms with E-state index in [-0.39, 0.29) is 11.3 Å². The molecule has 2 rings (SSSR count). The van der Waals surface area contributed by atoms with E-state index < -0.39 is 0 Å². The number of rotatable bonds is 1. The van der Waals surface area contributed by atoms with Gasteiger partial charge in [-0.2, -0.15) is 0 Å². The molecular weight excluding hydrogens is 309 g/mol. The topological polar surface area (TPSA) is 36.4 Å². The zero-order chi connectivity index (χ0) is 15.6. The first-order valence-corrected chi connectivity index (χ1v) is 7.90. The highest BCUT2D eigenvalue weighted by molar-refractivity contribution is 6.36. The largest absolute Gasteiger partial charge is 0.354 e. The molecule has 0 aromatic carbocycles. The van der Waals surface area contributed by atoms with Crippen LogP contribution in [0, 0.1) is 5.41 Å². The summed E-state index contributed by atoms with van der Waals surface area (Å²) in [7, 11) is 0. The summed E-state index contributed by atoms with van der Waals surface area (Å²) in [5.74, 6) is 0.936. The minimum atomic E-state index is -0.342. The Morgan fingerprint density at radius 1 is 1.19 bits per heavy atom. The van der Waals surface area contributed by atoms with Crippen molar-refractivity contribution in [3.63, 3.8) is 0 Å². The predicted octanol–water partition coefficient (Wildman–Crippen LogP) is 3.47. The number of pyridine rings is 1. The zero-order valence-electron chi connectivity index (χ0n) is 12.7. The van der Waals surface area contributed by atoms with E-state index in [0.717, 1.165) is 31.9 Å². The van der Waals surface area contributed by atoms with Gasteiger partial charge < -0.3 is 9.80 Å². The van der Waals surface area contributed by atoms with E-state index in [1.165, 1.54) is 0 Å². The van der Waals surface area contributed by atoms with Gasteiger partial charge in [-0.1, -0.05) is 44.0 Å². The number of carbonyl (C=O) groups is 1. The van der Waals surface area contributed by atoms with E-state index in [4.69, 9.17) is 23.2 Å². The normalized spacial score (nSPS) is 16.8. The van der Waals surface area contributed by atoms with Gasteiger partial charge in [0, 0.05) is 37.8 Å². The lowest BCUT2D eigenvalue weighted by molar-refractivity contribution is -0.139. The van der Waals surface area contributed by atoms with Gasteiger partial charge >= 0.3 is 0 Å². The van der Waals surface area contributed by atoms with Crippen LogP contribution >= 0.6 is 23.2 Å². The molecule has 1 aromatic heterocycles. The van der Waals surface area contributed by atoms with Crippen molar-refractivity contribution >= 4 is 34.9 Å². The van der Waals surface area contributed by atoms with Crippen LogP contribution in [0.3, 0.4) is 0 Å². The van der Waals surface area contributed by atoms with Crippen LogP contribution in [0.4, 0.5) is 5.82 Å². The third kappa shape index (κ3) is 4.01. The molecular formula is C15H21Cl2N3O. The molecule has 0 aliphatic carbocycles. The van der Waals surface area contributed by atoms with E-state index in [0.29, 0.717) is 16.6 Å². The van der Waals surface area contributed by atoms with Crippen molar-refractivity contribution < 1.29 is 4.79 Å². The van der Waals surface area contributed by atoms with Gasteiger partial charge in [0.05, 0.1) is 10.0 Å². The van der Waals surface area contributed by atoms with Gasteiger partial charge in [-0.05, 0) is 12.5 Å². The summed E-state index contributed by atoms with van der Waals surface area (Å²) in [5, 5.41) is 1.08. The van der Waals surface area contributed by atoms with Crippen molar-refractivity contribution in [2.45, 2.75) is 27.2 Å². The number of nitrogens with zero attached hydrogens (tertiary/aromatic N) is 3. The SMILES string of the molecule is CC(C)(C)C(=O)N1CCCN(c2ncc(Cl)cc2Cl)CC1. The predicted molar refractivity (Wildman–Crippen MR) is 87.1 cm³/mol. The number of aromatic nitrogens is 1. The molecule has 0 bridgehead atoms. The Morgan fingerprint density at radius 2 is 1.90 bits per heavy atom. The molecule has 0 N–H and O–H groups in total. The van der Waals surface area contributed by atoms with Gasteiger partial charge in [0.25, 0.3) is 0 Å². The van der Waals surface area contributed by atoms with Crippen LogP contribution in [0.25, 0.3) is 0 Å². The van der Waals surface area contributed by atoms with E-state index >= 15 is 0 Å². The highest BCUT2D eigenvalue weighted by atomic mass is 35.5. The molecule has 1 amide bonds. The molecule has 0 atom stereocenters. The van der Waals surface area contributed by atoms with E-state index in [1.54, 1.807) is 12.3 Å². The van der Waals surface area contributed by atoms with Gasteiger partial charge in [0.2, 0.25) is 5.91 Å². The second-order valence-corrected chi connectivity index (χ2v) is 7.19. The van der Waals surface area contributed by atoms with Gasteiger partial charge in [0.1, 0.15) is 5.82 Å². The lowest BCUT2D eigenvalue weighted by Crippen LogP contribution is -2.41. The van der Waals surface area contributed by atoms with Gasteiger partial charge in [-0.15, -0.1) is 0 Å². The molecule has 0 saturated carbocycles. The summed E-state index contributed by atoms with van der Waals surface area (Å²) in [4.78, 5) is 20.7. The first-order valence-electron chi connectivity index (χ1n) is 7.14. The smallest absolute Gasteiger partial charge is 0.228 e. The van der Waals surface area contributed by atoms with Gasteiger partial charge in [-0.3, -0.25) is 4.79 Å². The van der Waals surface area contributed by atoms with Crippen molar-refractivity contribution in [2.75, 3.05) is 31.1 Å². The first-order chi connectivity index (χ1) is 9.79. The fraction of sp³-hybridized carbons (Fsp3) is 0.600. The summed E-state index contributed by atoms with van der Waals surface area (Å²) in [5.41, 5.74) is -0.342. The van der Waals surface area contributed by atoms with Crippen LogP contribution in [0.1, 0.15) is 27.2 Å². The summed E-state index contributed by atoms with van der Waals surface area (Å²) in [6.45, 7) is 8.90. The summed E-state index contributed by atoms with van der Waals surface area (Å²) >= 11 is 12.1. The Balaban J connectivity index is 2.09. The molecule has 116 valence electrons. The van der Waals surface area contributed by atoms with Crippen molar-refractivity contribution in [3.05, 3.63) is 22.3 Å². The summed E-state index contributed by atoms with van der Waals surface area (Å²) in [6, 6.07) is 1.70. The molecule has 4 nitrogen and oxygen atoms in total. The maximum Gasteiger partial charge on any atom is 0.228 e. The van der Waals surface area contributed by atoms with Crippen LogP contribution in [0.15, 0.2) is 12.3 Å². The second-order valence-electron chi connectivity index (χ2n) is 6.34. The monoisotopic (exact) mass is 329 g/mol. The maximum absolute atomic E-state index is 12.4. The fourth-order valence-electron chi connectivity index (χ4n) is 2.45. The second kappa shape index (κ2) is 6.41. The van der Waals surface area contributed by atoms with Crippen LogP contribution in [-0.2, 0) is 4.79 Å². The van der Waals surface area contributed by atoms with E-state index in [2.05, 4.69) is 9.88 Å². The Hall–Kier alpha value is -1.000. The molecule has 0 unspecified atom stereocenters. The number of anilines is 1. The molecule has 1 aromatic rings. The molecule has 1 aliphatic rings. The molecule has 0 radical (unpaired) electrons. The summed E-state index contributed by atoms with van der Waals surface area (Å²) < 4.78 is 0. The highest BCUT2D eigenvalue weighted by Crippen LogP contribution is 2.27. The molecule has 0 spiro atoms. The Kier molecular flexibility index (Phi) is 4.99. The Labute approximate surface area is 136 Å². The number of halogens is 2. The standard InChI is InChI=1S/C15H21Cl2N3O/c1-15(2,3)14(21)20-6-4-5-19(7-8-20)13-12(17)9-11(16)10-18-13/h9-10H,4-8H2,1-3H3. The van der Waals surface area contributed by atoms with Crippen LogP contribution in [-0.4, -0.2) is 42.0 Å². The Morgan fingerprint density at radius 3 is 2.52 bits per heavy atom. The van der Waals surface area contributed by atoms with Crippen molar-refractivity contribution in [3.8, 4) is 0 Å². The van der Waals surface area contributed by atoms with Crippen molar-refractivity contribution in [1.29, 1.82) is 0 Å². The minimum Gasteiger partial charge on any atom is -0.354 e. The van der Waals surface area contributed by atoms with Crippen LogP contribution < -0.4 is 4.90 Å². The molecule has 1 saturated heterocycles. The zero-order valence-corrected chi connectivity index (χ0v) is 14.2. The lowest BCUT2D eigenvalue weighted by Gasteiger charge is -2.28. The number of amides is 1. The Bertz CT molecular complexity index is 528. The number of carbonyl (C=O) groups excluding carboxylic acids is 1. The highest BCUT2D eigenvalue weighted by Gasteiger charge is 2.29. The maximum atomic E-state index is 12.4. The molecule has 1 aliphatic heterocycles. The van der Waals surface area contributed by atoms with Crippen molar-refractivity contribution in [1.82, 2.24) is 9.88 Å². The van der Waals surface area contributed by atoms with Crippen LogP contribution in [0.2, 0.25) is 10.0 Å². The number of hydrogen-bond acceptors (Lipinski definition) is 3. The van der Waals surface area contributed by atoms with Gasteiger partial charge in [-0.25, -0.2) is 4.98 Å². The van der Waals surface area contributed by atoms with E-state index in [1.807, 2.05) is 25.7 Å². The third-order valence-electron chi connectivity index (χ3n) is 3.51. The minimum absolute atomic E-state index is 0.194. The van der Waals surface area contributed by atoms with Gasteiger partial charge in [0.15, 0.2) is 0 Å². The molecule has 6 heteroatoms. The van der Waals surface area contributed by atoms with E-state index in [9.17, 15) is 4.79 Å². The molecule has 21 heavy (non-hydrogen) atoms.